The summed E-state index contributed by atoms with van der Waals surface area (Å²) < 4.78 is 4.65. The quantitative estimate of drug-likeness (QED) is 0.806. The molecule has 0 atom stereocenters. The smallest absolute Gasteiger partial charge is 0.440 e. The second-order valence-electron chi connectivity index (χ2n) is 5.53. The van der Waals surface area contributed by atoms with Crippen LogP contribution < -0.4 is 5.48 Å². The van der Waals surface area contributed by atoms with E-state index in [9.17, 15) is 9.59 Å². The minimum atomic E-state index is -0.742. The summed E-state index contributed by atoms with van der Waals surface area (Å²) >= 11 is 0. The topological polar surface area (TPSA) is 67.9 Å². The molecule has 0 aromatic carbocycles. The predicted molar refractivity (Wildman–Crippen MR) is 75.1 cm³/mol. The number of nitrogens with zero attached hydrogens (tertiary/aromatic N) is 1. The predicted octanol–water partition coefficient (Wildman–Crippen LogP) is 3.07. The monoisotopic (exact) mass is 286 g/mol. The zero-order chi connectivity index (χ0) is 15.0. The first kappa shape index (κ1) is 16.6. The summed E-state index contributed by atoms with van der Waals surface area (Å²) in [7, 11) is 0. The van der Waals surface area contributed by atoms with Crippen molar-refractivity contribution in [1.82, 2.24) is 10.4 Å². The maximum Gasteiger partial charge on any atom is 0.440 e. The van der Waals surface area contributed by atoms with Gasteiger partial charge in [-0.2, -0.15) is 0 Å². The van der Waals surface area contributed by atoms with Gasteiger partial charge in [0.25, 0.3) is 0 Å². The van der Waals surface area contributed by atoms with Gasteiger partial charge in [0.05, 0.1) is 6.61 Å². The molecule has 1 aliphatic rings. The molecule has 0 radical (unpaired) electrons. The van der Waals surface area contributed by atoms with E-state index in [0.717, 1.165) is 25.7 Å². The van der Waals surface area contributed by atoms with Crippen molar-refractivity contribution in [2.75, 3.05) is 13.2 Å². The molecule has 6 nitrogen and oxygen atoms in total. The Hall–Kier alpha value is -1.46. The molecular formula is C14H26N2O4. The lowest BCUT2D eigenvalue weighted by Gasteiger charge is -2.34. The van der Waals surface area contributed by atoms with E-state index >= 15 is 0 Å². The molecule has 1 N–H and O–H groups in total. The number of nitrogens with one attached hydrogen (secondary N) is 1. The molecule has 0 aromatic rings. The molecule has 0 spiro atoms. The first-order valence-electron chi connectivity index (χ1n) is 7.44. The first-order chi connectivity index (χ1) is 9.54. The molecule has 0 aromatic heterocycles. The summed E-state index contributed by atoms with van der Waals surface area (Å²) in [6, 6.07) is 0.211. The number of carbonyl (C=O) groups excluding carboxylic acids is 2. The van der Waals surface area contributed by atoms with Gasteiger partial charge < -0.3 is 14.5 Å². The highest BCUT2D eigenvalue weighted by atomic mass is 16.7. The molecule has 1 fully saturated rings. The van der Waals surface area contributed by atoms with Crippen LogP contribution in [0.1, 0.15) is 52.9 Å². The molecule has 0 aliphatic heterocycles. The lowest BCUT2D eigenvalue weighted by Crippen LogP contribution is -2.46. The van der Waals surface area contributed by atoms with Crippen LogP contribution in [0.4, 0.5) is 9.59 Å². The molecule has 2 amide bonds. The van der Waals surface area contributed by atoms with Crippen molar-refractivity contribution in [3.05, 3.63) is 0 Å². The summed E-state index contributed by atoms with van der Waals surface area (Å²) in [6.45, 7) is 6.67. The molecule has 1 saturated carbocycles. The number of hydroxylamine groups is 1. The fraction of sp³-hybridized carbons (Fsp3) is 0.857. The van der Waals surface area contributed by atoms with E-state index in [2.05, 4.69) is 18.6 Å². The summed E-state index contributed by atoms with van der Waals surface area (Å²) in [4.78, 5) is 29.8. The van der Waals surface area contributed by atoms with E-state index in [1.54, 1.807) is 11.8 Å². The van der Waals surface area contributed by atoms with E-state index in [1.807, 2.05) is 5.48 Å². The molecule has 0 heterocycles. The van der Waals surface area contributed by atoms with Gasteiger partial charge in [-0.15, -0.1) is 5.48 Å². The normalized spacial score (nSPS) is 15.8. The average Bonchev–Trinajstić information content (AvgIpc) is 2.43. The van der Waals surface area contributed by atoms with Crippen LogP contribution in [0.3, 0.4) is 0 Å². The number of carbonyl (C=O) groups is 2. The van der Waals surface area contributed by atoms with E-state index in [-0.39, 0.29) is 12.6 Å². The molecule has 1 aliphatic carbocycles. The Kier molecular flexibility index (Phi) is 7.18. The number of ether oxygens (including phenoxy) is 1. The summed E-state index contributed by atoms with van der Waals surface area (Å²) in [5.74, 6) is 0.354. The molecule has 0 unspecified atom stereocenters. The number of hydrogen-bond acceptors (Lipinski definition) is 4. The van der Waals surface area contributed by atoms with Crippen molar-refractivity contribution in [3.8, 4) is 0 Å². The van der Waals surface area contributed by atoms with Crippen molar-refractivity contribution in [1.29, 1.82) is 0 Å². The van der Waals surface area contributed by atoms with Gasteiger partial charge in [-0.3, -0.25) is 0 Å². The van der Waals surface area contributed by atoms with E-state index in [1.165, 1.54) is 6.42 Å². The molecular weight excluding hydrogens is 260 g/mol. The molecule has 20 heavy (non-hydrogen) atoms. The molecule has 116 valence electrons. The van der Waals surface area contributed by atoms with Gasteiger partial charge in [-0.1, -0.05) is 33.1 Å². The van der Waals surface area contributed by atoms with Gasteiger partial charge in [-0.05, 0) is 25.7 Å². The Balaban J connectivity index is 2.52. The maximum absolute atomic E-state index is 12.1. The lowest BCUT2D eigenvalue weighted by atomic mass is 9.94. The minimum absolute atomic E-state index is 0.211. The third kappa shape index (κ3) is 5.67. The van der Waals surface area contributed by atoms with Crippen molar-refractivity contribution < 1.29 is 19.2 Å². The van der Waals surface area contributed by atoms with E-state index in [4.69, 9.17) is 4.84 Å². The van der Waals surface area contributed by atoms with Crippen LogP contribution in [-0.2, 0) is 9.57 Å². The Labute approximate surface area is 120 Å². The van der Waals surface area contributed by atoms with Gasteiger partial charge in [-0.25, -0.2) is 9.59 Å². The average molecular weight is 286 g/mol. The first-order valence-corrected chi connectivity index (χ1v) is 7.44. The number of rotatable bonds is 4. The van der Waals surface area contributed by atoms with Gasteiger partial charge in [0.1, 0.15) is 0 Å². The van der Waals surface area contributed by atoms with Crippen LogP contribution >= 0.6 is 0 Å². The van der Waals surface area contributed by atoms with Crippen LogP contribution in [0.2, 0.25) is 0 Å². The standard InChI is InChI=1S/C14H26N2O4/c1-4-19-13(17)15-20-14(18)16(10-11(2)3)12-8-6-5-7-9-12/h11-12H,4-10H2,1-3H3,(H,15,17). The fourth-order valence-corrected chi connectivity index (χ4v) is 2.46. The van der Waals surface area contributed by atoms with E-state index in [0.29, 0.717) is 12.5 Å². The highest BCUT2D eigenvalue weighted by Crippen LogP contribution is 2.23. The summed E-state index contributed by atoms with van der Waals surface area (Å²) in [5.41, 5.74) is 2.02. The van der Waals surface area contributed by atoms with Crippen LogP contribution in [0.15, 0.2) is 0 Å². The second kappa shape index (κ2) is 8.66. The SMILES string of the molecule is CCOC(=O)NOC(=O)N(CC(C)C)C1CCCCC1. The third-order valence-electron chi connectivity index (χ3n) is 3.31. The van der Waals surface area contributed by atoms with Gasteiger partial charge in [0.15, 0.2) is 0 Å². The van der Waals surface area contributed by atoms with Crippen molar-refractivity contribution >= 4 is 12.2 Å². The lowest BCUT2D eigenvalue weighted by molar-refractivity contribution is 0.0278. The Morgan fingerprint density at radius 1 is 1.25 bits per heavy atom. The molecule has 0 bridgehead atoms. The van der Waals surface area contributed by atoms with Gasteiger partial charge in [0.2, 0.25) is 0 Å². The molecule has 1 rings (SSSR count). The second-order valence-corrected chi connectivity index (χ2v) is 5.53. The third-order valence-corrected chi connectivity index (χ3v) is 3.31. The summed E-state index contributed by atoms with van der Waals surface area (Å²) in [5, 5.41) is 0. The van der Waals surface area contributed by atoms with Crippen molar-refractivity contribution in [3.63, 3.8) is 0 Å². The van der Waals surface area contributed by atoms with Crippen LogP contribution in [0, 0.1) is 5.92 Å². The number of hydrogen-bond donors (Lipinski definition) is 1. The Morgan fingerprint density at radius 2 is 1.90 bits per heavy atom. The van der Waals surface area contributed by atoms with Gasteiger partial charge in [0, 0.05) is 12.6 Å². The highest BCUT2D eigenvalue weighted by Gasteiger charge is 2.27. The summed E-state index contributed by atoms with van der Waals surface area (Å²) in [6.07, 6.45) is 4.26. The van der Waals surface area contributed by atoms with Crippen LogP contribution in [0.25, 0.3) is 0 Å². The minimum Gasteiger partial charge on any atom is -0.448 e. The molecule has 6 heteroatoms. The largest absolute Gasteiger partial charge is 0.448 e. The van der Waals surface area contributed by atoms with Crippen LogP contribution in [-0.4, -0.2) is 36.3 Å². The van der Waals surface area contributed by atoms with Crippen molar-refractivity contribution in [2.24, 2.45) is 5.92 Å². The fourth-order valence-electron chi connectivity index (χ4n) is 2.46. The van der Waals surface area contributed by atoms with E-state index < -0.39 is 12.2 Å². The number of amides is 2. The Bertz CT molecular complexity index is 314. The maximum atomic E-state index is 12.1. The zero-order valence-corrected chi connectivity index (χ0v) is 12.7. The van der Waals surface area contributed by atoms with Gasteiger partial charge >= 0.3 is 12.2 Å². The Morgan fingerprint density at radius 3 is 2.45 bits per heavy atom. The molecule has 0 saturated heterocycles. The van der Waals surface area contributed by atoms with Crippen molar-refractivity contribution in [2.45, 2.75) is 58.9 Å². The van der Waals surface area contributed by atoms with Crippen LogP contribution in [0.5, 0.6) is 0 Å². The zero-order valence-electron chi connectivity index (χ0n) is 12.7. The highest BCUT2D eigenvalue weighted by molar-refractivity contribution is 5.72.